The van der Waals surface area contributed by atoms with E-state index in [1.165, 1.54) is 11.8 Å². The first-order valence-corrected chi connectivity index (χ1v) is 14.6. The molecular weight excluding hydrogens is 588 g/mol. The fourth-order valence-electron chi connectivity index (χ4n) is 4.47. The number of aromatic nitrogens is 3. The number of halogens is 1. The summed E-state index contributed by atoms with van der Waals surface area (Å²) in [5, 5.41) is 18.3. The lowest BCUT2D eigenvalue weighted by molar-refractivity contribution is -0.130. The first-order valence-electron chi connectivity index (χ1n) is 12.9. The van der Waals surface area contributed by atoms with E-state index in [1.54, 1.807) is 15.6 Å². The monoisotopic (exact) mass is 616 g/mol. The number of carbonyl (C=O) groups is 2. The SMILES string of the molecule is Cc1ccc(C2CC(c3ccc(Br)cc3)=NN2C(=O)CSc2nnc(CNC(=O)c3cccc(C)c3)n2C)cc1. The molecule has 0 fully saturated rings. The van der Waals surface area contributed by atoms with Gasteiger partial charge in [0.15, 0.2) is 11.0 Å². The van der Waals surface area contributed by atoms with E-state index in [-0.39, 0.29) is 30.2 Å². The van der Waals surface area contributed by atoms with Crippen molar-refractivity contribution in [3.8, 4) is 0 Å². The largest absolute Gasteiger partial charge is 0.345 e. The van der Waals surface area contributed by atoms with Gasteiger partial charge in [0, 0.05) is 23.5 Å². The van der Waals surface area contributed by atoms with Crippen molar-refractivity contribution in [3.63, 3.8) is 0 Å². The molecule has 1 N–H and O–H groups in total. The average Bonchev–Trinajstić information content (AvgIpc) is 3.55. The number of hydrogen-bond acceptors (Lipinski definition) is 6. The minimum atomic E-state index is -0.181. The molecule has 1 aliphatic heterocycles. The van der Waals surface area contributed by atoms with Gasteiger partial charge < -0.3 is 9.88 Å². The molecule has 0 spiro atoms. The van der Waals surface area contributed by atoms with E-state index in [4.69, 9.17) is 5.10 Å². The lowest BCUT2D eigenvalue weighted by Gasteiger charge is -2.22. The highest BCUT2D eigenvalue weighted by atomic mass is 79.9. The molecule has 2 heterocycles. The van der Waals surface area contributed by atoms with Crippen molar-refractivity contribution in [1.29, 1.82) is 0 Å². The molecule has 204 valence electrons. The smallest absolute Gasteiger partial charge is 0.253 e. The molecule has 5 rings (SSSR count). The Morgan fingerprint density at radius 3 is 2.48 bits per heavy atom. The minimum absolute atomic E-state index is 0.111. The number of amides is 2. The van der Waals surface area contributed by atoms with Crippen LogP contribution < -0.4 is 5.32 Å². The molecule has 2 amide bonds. The summed E-state index contributed by atoms with van der Waals surface area (Å²) in [6.45, 7) is 4.22. The molecule has 0 aliphatic carbocycles. The highest BCUT2D eigenvalue weighted by molar-refractivity contribution is 9.10. The van der Waals surface area contributed by atoms with Crippen molar-refractivity contribution in [2.24, 2.45) is 12.1 Å². The van der Waals surface area contributed by atoms with Gasteiger partial charge in [-0.2, -0.15) is 5.10 Å². The Hall–Kier alpha value is -3.76. The van der Waals surface area contributed by atoms with Gasteiger partial charge in [-0.25, -0.2) is 5.01 Å². The second-order valence-corrected chi connectivity index (χ2v) is 11.6. The van der Waals surface area contributed by atoms with E-state index in [9.17, 15) is 9.59 Å². The number of nitrogens with one attached hydrogen (secondary N) is 1. The first kappa shape index (κ1) is 27.8. The Morgan fingerprint density at radius 1 is 1.00 bits per heavy atom. The third kappa shape index (κ3) is 6.34. The van der Waals surface area contributed by atoms with Crippen molar-refractivity contribution < 1.29 is 9.59 Å². The van der Waals surface area contributed by atoms with E-state index in [1.807, 2.05) is 63.4 Å². The molecule has 0 saturated heterocycles. The van der Waals surface area contributed by atoms with Gasteiger partial charge >= 0.3 is 0 Å². The quantitative estimate of drug-likeness (QED) is 0.260. The highest BCUT2D eigenvalue weighted by Gasteiger charge is 2.33. The fraction of sp³-hybridized carbons (Fsp3) is 0.233. The van der Waals surface area contributed by atoms with Gasteiger partial charge in [0.2, 0.25) is 0 Å². The van der Waals surface area contributed by atoms with Crippen LogP contribution in [0.5, 0.6) is 0 Å². The number of thioether (sulfide) groups is 1. The van der Waals surface area contributed by atoms with Gasteiger partial charge in [0.25, 0.3) is 11.8 Å². The van der Waals surface area contributed by atoms with Crippen LogP contribution in [0.4, 0.5) is 0 Å². The molecular formula is C30H29BrN6O2S. The average molecular weight is 618 g/mol. The summed E-state index contributed by atoms with van der Waals surface area (Å²) >= 11 is 4.79. The zero-order valence-electron chi connectivity index (χ0n) is 22.5. The Morgan fingerprint density at radius 2 is 1.75 bits per heavy atom. The van der Waals surface area contributed by atoms with E-state index >= 15 is 0 Å². The number of hydrogen-bond donors (Lipinski definition) is 1. The van der Waals surface area contributed by atoms with Crippen molar-refractivity contribution in [3.05, 3.63) is 111 Å². The number of benzene rings is 3. The zero-order valence-corrected chi connectivity index (χ0v) is 24.9. The summed E-state index contributed by atoms with van der Waals surface area (Å²) in [6.07, 6.45) is 0.635. The third-order valence-electron chi connectivity index (χ3n) is 6.74. The van der Waals surface area contributed by atoms with E-state index in [2.05, 4.69) is 55.7 Å². The van der Waals surface area contributed by atoms with Crippen LogP contribution in [0.1, 0.15) is 50.9 Å². The lowest BCUT2D eigenvalue weighted by atomic mass is 9.98. The second-order valence-electron chi connectivity index (χ2n) is 9.72. The Bertz CT molecular complexity index is 1570. The molecule has 10 heteroatoms. The Labute approximate surface area is 246 Å². The number of rotatable bonds is 8. The lowest BCUT2D eigenvalue weighted by Crippen LogP contribution is -2.28. The van der Waals surface area contributed by atoms with Crippen molar-refractivity contribution in [1.82, 2.24) is 25.1 Å². The molecule has 1 aliphatic rings. The number of carbonyl (C=O) groups excluding carboxylic acids is 2. The van der Waals surface area contributed by atoms with E-state index < -0.39 is 0 Å². The molecule has 8 nitrogen and oxygen atoms in total. The van der Waals surface area contributed by atoms with E-state index in [0.717, 1.165) is 32.4 Å². The zero-order chi connectivity index (χ0) is 28.2. The molecule has 0 saturated carbocycles. The Balaban J connectivity index is 1.27. The molecule has 4 aromatic rings. The minimum Gasteiger partial charge on any atom is -0.345 e. The summed E-state index contributed by atoms with van der Waals surface area (Å²) in [5.41, 5.74) is 5.70. The fourth-order valence-corrected chi connectivity index (χ4v) is 5.52. The third-order valence-corrected chi connectivity index (χ3v) is 8.28. The summed E-state index contributed by atoms with van der Waals surface area (Å²) < 4.78 is 2.79. The topological polar surface area (TPSA) is 92.5 Å². The first-order chi connectivity index (χ1) is 19.3. The van der Waals surface area contributed by atoms with Crippen molar-refractivity contribution >= 4 is 45.2 Å². The van der Waals surface area contributed by atoms with Gasteiger partial charge in [-0.15, -0.1) is 10.2 Å². The number of hydrazone groups is 1. The van der Waals surface area contributed by atoms with Gasteiger partial charge in [-0.1, -0.05) is 87.3 Å². The predicted octanol–water partition coefficient (Wildman–Crippen LogP) is 5.59. The molecule has 3 aromatic carbocycles. The molecule has 40 heavy (non-hydrogen) atoms. The van der Waals surface area contributed by atoms with Crippen LogP contribution >= 0.6 is 27.7 Å². The van der Waals surface area contributed by atoms with Crippen molar-refractivity contribution in [2.45, 2.75) is 38.0 Å². The normalized spacial score (nSPS) is 14.8. The second kappa shape index (κ2) is 12.2. The molecule has 0 radical (unpaired) electrons. The Kier molecular flexibility index (Phi) is 8.46. The molecule has 1 atom stereocenters. The van der Waals surface area contributed by atoms with Crippen LogP contribution in [-0.4, -0.2) is 43.1 Å². The van der Waals surface area contributed by atoms with Crippen LogP contribution in [0, 0.1) is 13.8 Å². The van der Waals surface area contributed by atoms with Crippen LogP contribution in [0.2, 0.25) is 0 Å². The molecule has 1 aromatic heterocycles. The maximum absolute atomic E-state index is 13.5. The van der Waals surface area contributed by atoms with Gasteiger partial charge in [0.05, 0.1) is 24.1 Å². The van der Waals surface area contributed by atoms with Crippen molar-refractivity contribution in [2.75, 3.05) is 5.75 Å². The van der Waals surface area contributed by atoms with E-state index in [0.29, 0.717) is 23.0 Å². The standard InChI is InChI=1S/C30H29BrN6O2S/c1-19-7-9-22(10-8-19)26-16-25(21-11-13-24(31)14-12-21)35-37(26)28(38)18-40-30-34-33-27(36(30)3)17-32-29(39)23-6-4-5-20(2)15-23/h4-15,26H,16-18H2,1-3H3,(H,32,39). The summed E-state index contributed by atoms with van der Waals surface area (Å²) in [4.78, 5) is 26.0. The van der Waals surface area contributed by atoms with Crippen LogP contribution in [0.3, 0.4) is 0 Å². The predicted molar refractivity (Wildman–Crippen MR) is 160 cm³/mol. The van der Waals surface area contributed by atoms with Gasteiger partial charge in [-0.3, -0.25) is 9.59 Å². The van der Waals surface area contributed by atoms with Gasteiger partial charge in [-0.05, 0) is 49.2 Å². The van der Waals surface area contributed by atoms with Crippen LogP contribution in [0.25, 0.3) is 0 Å². The van der Waals surface area contributed by atoms with Gasteiger partial charge in [0.1, 0.15) is 0 Å². The number of nitrogens with zero attached hydrogens (tertiary/aromatic N) is 5. The molecule has 0 bridgehead atoms. The highest BCUT2D eigenvalue weighted by Crippen LogP contribution is 2.34. The number of aryl methyl sites for hydroxylation is 2. The maximum Gasteiger partial charge on any atom is 0.253 e. The summed E-state index contributed by atoms with van der Waals surface area (Å²) in [7, 11) is 1.83. The summed E-state index contributed by atoms with van der Waals surface area (Å²) in [5.74, 6) is 0.470. The molecule has 1 unspecified atom stereocenters. The van der Waals surface area contributed by atoms with Crippen LogP contribution in [0.15, 0.2) is 87.5 Å². The summed E-state index contributed by atoms with van der Waals surface area (Å²) in [6, 6.07) is 23.5. The maximum atomic E-state index is 13.5. The van der Waals surface area contributed by atoms with Crippen LogP contribution in [-0.2, 0) is 18.4 Å².